The highest BCUT2D eigenvalue weighted by Crippen LogP contribution is 2.32. The number of rotatable bonds is 3. The number of nitrogens with one attached hydrogen (secondary N) is 1. The third-order valence-electron chi connectivity index (χ3n) is 2.33. The monoisotopic (exact) mass is 297 g/mol. The standard InChI is InChI=1S/C10H7N3O6S/c1-19-10(16)5-6(14)9(15)12-8(11-5)7-4(13(17)18)2-3-20-7/h2-3,14H,1H3,(H,11,12,15). The van der Waals surface area contributed by atoms with Crippen LogP contribution in [0.25, 0.3) is 10.7 Å². The second-order valence-corrected chi connectivity index (χ2v) is 4.41. The van der Waals surface area contributed by atoms with Gasteiger partial charge in [-0.25, -0.2) is 9.78 Å². The van der Waals surface area contributed by atoms with Crippen LogP contribution < -0.4 is 5.56 Å². The number of aromatic nitrogens is 2. The molecule has 0 aliphatic heterocycles. The van der Waals surface area contributed by atoms with Crippen molar-refractivity contribution in [1.82, 2.24) is 9.97 Å². The lowest BCUT2D eigenvalue weighted by Gasteiger charge is -2.03. The van der Waals surface area contributed by atoms with Gasteiger partial charge in [0.1, 0.15) is 4.88 Å². The summed E-state index contributed by atoms with van der Waals surface area (Å²) in [6.45, 7) is 0. The van der Waals surface area contributed by atoms with Gasteiger partial charge in [0.2, 0.25) is 5.75 Å². The third kappa shape index (κ3) is 2.23. The van der Waals surface area contributed by atoms with Crippen molar-refractivity contribution in [3.8, 4) is 16.5 Å². The number of methoxy groups -OCH3 is 1. The Bertz CT molecular complexity index is 750. The molecular weight excluding hydrogens is 290 g/mol. The molecule has 0 aliphatic carbocycles. The molecule has 0 radical (unpaired) electrons. The van der Waals surface area contributed by atoms with Gasteiger partial charge in [0.25, 0.3) is 11.2 Å². The molecule has 0 amide bonds. The highest BCUT2D eigenvalue weighted by molar-refractivity contribution is 7.14. The molecule has 0 unspecified atom stereocenters. The van der Waals surface area contributed by atoms with E-state index in [9.17, 15) is 24.8 Å². The Morgan fingerprint density at radius 1 is 1.60 bits per heavy atom. The molecule has 9 nitrogen and oxygen atoms in total. The van der Waals surface area contributed by atoms with E-state index in [0.717, 1.165) is 18.4 Å². The van der Waals surface area contributed by atoms with Crippen LogP contribution in [0.1, 0.15) is 10.5 Å². The van der Waals surface area contributed by atoms with Crippen molar-refractivity contribution < 1.29 is 19.6 Å². The molecule has 0 spiro atoms. The summed E-state index contributed by atoms with van der Waals surface area (Å²) in [5.74, 6) is -2.11. The van der Waals surface area contributed by atoms with Gasteiger partial charge in [0, 0.05) is 6.07 Å². The molecule has 0 fully saturated rings. The van der Waals surface area contributed by atoms with Crippen molar-refractivity contribution >= 4 is 23.0 Å². The Kier molecular flexibility index (Phi) is 3.48. The first-order valence-corrected chi connectivity index (χ1v) is 5.97. The quantitative estimate of drug-likeness (QED) is 0.488. The van der Waals surface area contributed by atoms with E-state index in [0.29, 0.717) is 0 Å². The van der Waals surface area contributed by atoms with Crippen LogP contribution in [0.4, 0.5) is 5.69 Å². The van der Waals surface area contributed by atoms with Crippen molar-refractivity contribution in [2.24, 2.45) is 0 Å². The minimum Gasteiger partial charge on any atom is -0.501 e. The van der Waals surface area contributed by atoms with Crippen molar-refractivity contribution in [3.63, 3.8) is 0 Å². The number of thiophene rings is 1. The second kappa shape index (κ2) is 5.09. The number of nitro groups is 1. The fourth-order valence-corrected chi connectivity index (χ4v) is 2.24. The first kappa shape index (κ1) is 13.7. The highest BCUT2D eigenvalue weighted by Gasteiger charge is 2.24. The van der Waals surface area contributed by atoms with Gasteiger partial charge in [-0.2, -0.15) is 0 Å². The van der Waals surface area contributed by atoms with Crippen LogP contribution >= 0.6 is 11.3 Å². The van der Waals surface area contributed by atoms with E-state index in [1.165, 1.54) is 11.4 Å². The van der Waals surface area contributed by atoms with E-state index < -0.39 is 27.9 Å². The molecule has 2 rings (SSSR count). The molecule has 10 heteroatoms. The van der Waals surface area contributed by atoms with Crippen LogP contribution in [0, 0.1) is 10.1 Å². The lowest BCUT2D eigenvalue weighted by Crippen LogP contribution is -2.16. The second-order valence-electron chi connectivity index (χ2n) is 3.50. The Morgan fingerprint density at radius 3 is 2.90 bits per heavy atom. The molecule has 2 aromatic heterocycles. The summed E-state index contributed by atoms with van der Waals surface area (Å²) in [4.78, 5) is 39.1. The minimum atomic E-state index is -1.02. The lowest BCUT2D eigenvalue weighted by atomic mass is 10.3. The van der Waals surface area contributed by atoms with Gasteiger partial charge in [0.05, 0.1) is 12.0 Å². The fourth-order valence-electron chi connectivity index (χ4n) is 1.44. The molecule has 2 aromatic rings. The zero-order valence-corrected chi connectivity index (χ0v) is 10.8. The zero-order chi connectivity index (χ0) is 14.9. The summed E-state index contributed by atoms with van der Waals surface area (Å²) in [6, 6.07) is 1.24. The summed E-state index contributed by atoms with van der Waals surface area (Å²) in [5.41, 5.74) is -1.85. The van der Waals surface area contributed by atoms with Crippen LogP contribution in [0.3, 0.4) is 0 Å². The first-order chi connectivity index (χ1) is 9.45. The van der Waals surface area contributed by atoms with Crippen molar-refractivity contribution in [2.45, 2.75) is 0 Å². The number of hydrogen-bond acceptors (Lipinski definition) is 8. The smallest absolute Gasteiger partial charge is 0.360 e. The van der Waals surface area contributed by atoms with Crippen LogP contribution in [0.2, 0.25) is 0 Å². The Labute approximate surface area is 114 Å². The zero-order valence-electron chi connectivity index (χ0n) is 9.95. The number of ether oxygens (including phenoxy) is 1. The summed E-state index contributed by atoms with van der Waals surface area (Å²) >= 11 is 0.965. The molecule has 0 aliphatic rings. The van der Waals surface area contributed by atoms with E-state index >= 15 is 0 Å². The molecule has 2 N–H and O–H groups in total. The Morgan fingerprint density at radius 2 is 2.30 bits per heavy atom. The molecule has 2 heterocycles. The average Bonchev–Trinajstić information content (AvgIpc) is 2.90. The Balaban J connectivity index is 2.67. The summed E-state index contributed by atoms with van der Waals surface area (Å²) in [5, 5.41) is 21.7. The SMILES string of the molecule is COC(=O)c1nc(-c2sccc2[N+](=O)[O-])[nH]c(=O)c1O. The predicted molar refractivity (Wildman–Crippen MR) is 67.8 cm³/mol. The molecule has 0 atom stereocenters. The molecule has 0 bridgehead atoms. The number of aromatic amines is 1. The Hall–Kier alpha value is -2.75. The van der Waals surface area contributed by atoms with Crippen molar-refractivity contribution in [2.75, 3.05) is 7.11 Å². The normalized spacial score (nSPS) is 10.2. The van der Waals surface area contributed by atoms with Crippen molar-refractivity contribution in [1.29, 1.82) is 0 Å². The van der Waals surface area contributed by atoms with Crippen LogP contribution in [-0.2, 0) is 4.74 Å². The van der Waals surface area contributed by atoms with Gasteiger partial charge in [-0.3, -0.25) is 14.9 Å². The fraction of sp³-hybridized carbons (Fsp3) is 0.100. The summed E-state index contributed by atoms with van der Waals surface area (Å²) in [7, 11) is 1.05. The maximum atomic E-state index is 11.5. The number of H-pyrrole nitrogens is 1. The summed E-state index contributed by atoms with van der Waals surface area (Å²) < 4.78 is 4.38. The number of hydrogen-bond donors (Lipinski definition) is 2. The van der Waals surface area contributed by atoms with E-state index in [1.54, 1.807) is 0 Å². The van der Waals surface area contributed by atoms with E-state index in [-0.39, 0.29) is 16.4 Å². The molecule has 0 aromatic carbocycles. The van der Waals surface area contributed by atoms with Gasteiger partial charge >= 0.3 is 5.97 Å². The number of aromatic hydroxyl groups is 1. The van der Waals surface area contributed by atoms with Crippen LogP contribution in [0.5, 0.6) is 5.75 Å². The third-order valence-corrected chi connectivity index (χ3v) is 3.24. The highest BCUT2D eigenvalue weighted by atomic mass is 32.1. The van der Waals surface area contributed by atoms with Gasteiger partial charge < -0.3 is 14.8 Å². The maximum absolute atomic E-state index is 11.5. The number of carbonyl (C=O) groups is 1. The van der Waals surface area contributed by atoms with E-state index in [4.69, 9.17) is 0 Å². The molecule has 0 saturated heterocycles. The van der Waals surface area contributed by atoms with Gasteiger partial charge in [-0.05, 0) is 5.38 Å². The predicted octanol–water partition coefficient (Wildman–Crippen LogP) is 0.899. The van der Waals surface area contributed by atoms with Gasteiger partial charge in [-0.1, -0.05) is 0 Å². The molecule has 104 valence electrons. The van der Waals surface area contributed by atoms with E-state index in [1.807, 2.05) is 0 Å². The molecular formula is C10H7N3O6S. The lowest BCUT2D eigenvalue weighted by molar-refractivity contribution is -0.383. The maximum Gasteiger partial charge on any atom is 0.360 e. The van der Waals surface area contributed by atoms with Crippen LogP contribution in [0.15, 0.2) is 16.2 Å². The molecule has 20 heavy (non-hydrogen) atoms. The molecule has 0 saturated carbocycles. The average molecular weight is 297 g/mol. The number of carbonyl (C=O) groups excluding carboxylic acids is 1. The van der Waals surface area contributed by atoms with E-state index in [2.05, 4.69) is 14.7 Å². The largest absolute Gasteiger partial charge is 0.501 e. The van der Waals surface area contributed by atoms with Crippen LogP contribution in [-0.4, -0.2) is 33.1 Å². The topological polar surface area (TPSA) is 135 Å². The minimum absolute atomic E-state index is 0.0669. The number of nitrogens with zero attached hydrogens (tertiary/aromatic N) is 2. The first-order valence-electron chi connectivity index (χ1n) is 5.09. The van der Waals surface area contributed by atoms with Gasteiger partial charge in [-0.15, -0.1) is 11.3 Å². The summed E-state index contributed by atoms with van der Waals surface area (Å²) in [6.07, 6.45) is 0. The van der Waals surface area contributed by atoms with Gasteiger partial charge in [0.15, 0.2) is 11.5 Å². The van der Waals surface area contributed by atoms with Crippen molar-refractivity contribution in [3.05, 3.63) is 37.6 Å². The number of esters is 1.